The van der Waals surface area contributed by atoms with Crippen LogP contribution < -0.4 is 9.46 Å². The fraction of sp³-hybridized carbons (Fsp3) is 0.273. The Bertz CT molecular complexity index is 1060. The summed E-state index contributed by atoms with van der Waals surface area (Å²) in [5.74, 6) is 0.329. The molecule has 6 heteroatoms. The molecule has 0 saturated heterocycles. The van der Waals surface area contributed by atoms with E-state index in [1.165, 1.54) is 0 Å². The van der Waals surface area contributed by atoms with E-state index in [2.05, 4.69) is 4.72 Å². The van der Waals surface area contributed by atoms with Crippen LogP contribution in [0.3, 0.4) is 0 Å². The van der Waals surface area contributed by atoms with E-state index in [1.807, 2.05) is 62.4 Å². The number of ether oxygens (including phenoxy) is 1. The first-order valence-electron chi connectivity index (χ1n) is 9.31. The molecule has 0 fully saturated rings. The fourth-order valence-electron chi connectivity index (χ4n) is 3.20. The van der Waals surface area contributed by atoms with Crippen molar-refractivity contribution in [2.75, 3.05) is 13.2 Å². The summed E-state index contributed by atoms with van der Waals surface area (Å²) in [6.07, 6.45) is -0.499. The van der Waals surface area contributed by atoms with Gasteiger partial charge in [-0.15, -0.1) is 0 Å². The lowest BCUT2D eigenvalue weighted by Crippen LogP contribution is -2.26. The first-order chi connectivity index (χ1) is 13.4. The number of benzene rings is 3. The zero-order valence-electron chi connectivity index (χ0n) is 16.1. The number of fused-ring (bicyclic) bond motifs is 1. The largest absolute Gasteiger partial charge is 0.492 e. The number of aliphatic hydroxyl groups excluding tert-OH is 1. The molecule has 0 spiro atoms. The normalized spacial score (nSPS) is 12.8. The second-order valence-corrected chi connectivity index (χ2v) is 8.39. The Morgan fingerprint density at radius 1 is 1.07 bits per heavy atom. The molecule has 0 saturated carbocycles. The first kappa shape index (κ1) is 20.3. The zero-order valence-corrected chi connectivity index (χ0v) is 16.9. The maximum atomic E-state index is 12.7. The maximum Gasteiger partial charge on any atom is 0.244 e. The summed E-state index contributed by atoms with van der Waals surface area (Å²) in [6.45, 7) is 4.14. The van der Waals surface area contributed by atoms with Crippen molar-refractivity contribution >= 4 is 20.8 Å². The van der Waals surface area contributed by atoms with Gasteiger partial charge in [0.1, 0.15) is 10.6 Å². The van der Waals surface area contributed by atoms with E-state index >= 15 is 0 Å². The molecule has 0 aliphatic rings. The molecule has 3 aromatic carbocycles. The minimum absolute atomic E-state index is 0.117. The number of hydrogen-bond donors (Lipinski definition) is 2. The number of rotatable bonds is 8. The third kappa shape index (κ3) is 4.52. The highest BCUT2D eigenvalue weighted by Crippen LogP contribution is 2.27. The molecule has 3 rings (SSSR count). The molecule has 0 radical (unpaired) electrons. The summed E-state index contributed by atoms with van der Waals surface area (Å²) in [4.78, 5) is 0.119. The van der Waals surface area contributed by atoms with Gasteiger partial charge in [-0.05, 0) is 54.3 Å². The smallest absolute Gasteiger partial charge is 0.244 e. The minimum atomic E-state index is -3.74. The van der Waals surface area contributed by atoms with Crippen molar-refractivity contribution in [3.8, 4) is 5.75 Å². The highest BCUT2D eigenvalue weighted by Gasteiger charge is 2.20. The second-order valence-electron chi connectivity index (χ2n) is 6.65. The summed E-state index contributed by atoms with van der Waals surface area (Å²) in [5.41, 5.74) is 1.63. The van der Waals surface area contributed by atoms with Gasteiger partial charge >= 0.3 is 0 Å². The van der Waals surface area contributed by atoms with Crippen LogP contribution in [0.2, 0.25) is 0 Å². The Morgan fingerprint density at radius 2 is 1.82 bits per heavy atom. The van der Waals surface area contributed by atoms with Crippen molar-refractivity contribution in [3.05, 3.63) is 71.8 Å². The summed E-state index contributed by atoms with van der Waals surface area (Å²) in [7, 11) is -3.74. The predicted octanol–water partition coefficient (Wildman–Crippen LogP) is 3.95. The van der Waals surface area contributed by atoms with Crippen molar-refractivity contribution in [1.82, 2.24) is 4.72 Å². The summed E-state index contributed by atoms with van der Waals surface area (Å²) >= 11 is 0. The van der Waals surface area contributed by atoms with Crippen molar-refractivity contribution in [3.63, 3.8) is 0 Å². The standard InChI is InChI=1S/C22H25NO4S/c1-3-27-21-12-11-16(2)15-22(21)28(25,26)23-14-13-20(24)19-10-6-8-17-7-4-5-9-18(17)19/h4-12,15,20,23-24H,3,13-14H2,1-2H3. The number of aryl methyl sites for hydroxylation is 1. The number of aliphatic hydroxyl groups is 1. The quantitative estimate of drug-likeness (QED) is 0.601. The van der Waals surface area contributed by atoms with Crippen LogP contribution in [0.1, 0.15) is 30.6 Å². The van der Waals surface area contributed by atoms with Crippen LogP contribution in [0.5, 0.6) is 5.75 Å². The van der Waals surface area contributed by atoms with Gasteiger partial charge in [-0.3, -0.25) is 0 Å². The van der Waals surface area contributed by atoms with Gasteiger partial charge in [-0.1, -0.05) is 48.5 Å². The van der Waals surface area contributed by atoms with Crippen LogP contribution in [-0.2, 0) is 10.0 Å². The van der Waals surface area contributed by atoms with E-state index in [9.17, 15) is 13.5 Å². The van der Waals surface area contributed by atoms with Crippen molar-refractivity contribution in [2.45, 2.75) is 31.3 Å². The van der Waals surface area contributed by atoms with Gasteiger partial charge in [0, 0.05) is 6.54 Å². The number of nitrogens with one attached hydrogen (secondary N) is 1. The Kier molecular flexibility index (Phi) is 6.34. The highest BCUT2D eigenvalue weighted by molar-refractivity contribution is 7.89. The topological polar surface area (TPSA) is 75.6 Å². The van der Waals surface area contributed by atoms with Crippen molar-refractivity contribution < 1.29 is 18.3 Å². The van der Waals surface area contributed by atoms with E-state index in [1.54, 1.807) is 12.1 Å². The average Bonchev–Trinajstić information content (AvgIpc) is 2.68. The van der Waals surface area contributed by atoms with Crippen molar-refractivity contribution in [1.29, 1.82) is 0 Å². The molecular weight excluding hydrogens is 374 g/mol. The van der Waals surface area contributed by atoms with E-state index in [-0.39, 0.29) is 17.9 Å². The van der Waals surface area contributed by atoms with Gasteiger partial charge in [-0.2, -0.15) is 0 Å². The lowest BCUT2D eigenvalue weighted by atomic mass is 9.99. The van der Waals surface area contributed by atoms with Gasteiger partial charge in [-0.25, -0.2) is 13.1 Å². The number of hydrogen-bond acceptors (Lipinski definition) is 4. The van der Waals surface area contributed by atoms with E-state index in [0.29, 0.717) is 12.4 Å². The van der Waals surface area contributed by atoms with E-state index in [0.717, 1.165) is 21.9 Å². The third-order valence-corrected chi connectivity index (χ3v) is 6.06. The molecule has 5 nitrogen and oxygen atoms in total. The van der Waals surface area contributed by atoms with Crippen LogP contribution in [0, 0.1) is 6.92 Å². The zero-order chi connectivity index (χ0) is 20.1. The molecule has 0 aromatic heterocycles. The van der Waals surface area contributed by atoms with E-state index in [4.69, 9.17) is 4.74 Å². The van der Waals surface area contributed by atoms with Gasteiger partial charge in [0.2, 0.25) is 10.0 Å². The van der Waals surface area contributed by atoms with Crippen LogP contribution in [0.15, 0.2) is 65.6 Å². The van der Waals surface area contributed by atoms with Gasteiger partial charge in [0.25, 0.3) is 0 Å². The molecule has 0 heterocycles. The molecule has 0 bridgehead atoms. The predicted molar refractivity (Wildman–Crippen MR) is 111 cm³/mol. The molecule has 1 unspecified atom stereocenters. The average molecular weight is 400 g/mol. The fourth-order valence-corrected chi connectivity index (χ4v) is 4.48. The van der Waals surface area contributed by atoms with Gasteiger partial charge in [0.15, 0.2) is 0 Å². The SMILES string of the molecule is CCOc1ccc(C)cc1S(=O)(=O)NCCC(O)c1cccc2ccccc12. The lowest BCUT2D eigenvalue weighted by Gasteiger charge is -2.16. The molecule has 0 aliphatic carbocycles. The lowest BCUT2D eigenvalue weighted by molar-refractivity contribution is 0.170. The monoisotopic (exact) mass is 399 g/mol. The van der Waals surface area contributed by atoms with Crippen LogP contribution >= 0.6 is 0 Å². The molecule has 3 aromatic rings. The van der Waals surface area contributed by atoms with Gasteiger partial charge < -0.3 is 9.84 Å². The Labute approximate surface area is 166 Å². The van der Waals surface area contributed by atoms with Crippen LogP contribution in [-0.4, -0.2) is 26.7 Å². The Balaban J connectivity index is 1.73. The highest BCUT2D eigenvalue weighted by atomic mass is 32.2. The first-order valence-corrected chi connectivity index (χ1v) is 10.8. The molecule has 148 valence electrons. The van der Waals surface area contributed by atoms with Crippen molar-refractivity contribution in [2.24, 2.45) is 0 Å². The maximum absolute atomic E-state index is 12.7. The molecule has 2 N–H and O–H groups in total. The summed E-state index contributed by atoms with van der Waals surface area (Å²) in [5, 5.41) is 12.6. The molecule has 0 aliphatic heterocycles. The second kappa shape index (κ2) is 8.73. The Morgan fingerprint density at radius 3 is 2.61 bits per heavy atom. The van der Waals surface area contributed by atoms with Crippen LogP contribution in [0.4, 0.5) is 0 Å². The summed E-state index contributed by atoms with van der Waals surface area (Å²) in [6, 6.07) is 18.6. The van der Waals surface area contributed by atoms with E-state index < -0.39 is 16.1 Å². The number of sulfonamides is 1. The molecular formula is C22H25NO4S. The van der Waals surface area contributed by atoms with Gasteiger partial charge in [0.05, 0.1) is 12.7 Å². The molecule has 1 atom stereocenters. The van der Waals surface area contributed by atoms with Crippen LogP contribution in [0.25, 0.3) is 10.8 Å². The molecule has 28 heavy (non-hydrogen) atoms. The molecule has 0 amide bonds. The summed E-state index contributed by atoms with van der Waals surface area (Å²) < 4.78 is 33.5. The Hall–Kier alpha value is -2.41. The minimum Gasteiger partial charge on any atom is -0.492 e. The third-order valence-electron chi connectivity index (χ3n) is 4.58.